The predicted octanol–water partition coefficient (Wildman–Crippen LogP) is 2.97. The highest BCUT2D eigenvalue weighted by Crippen LogP contribution is 2.55. The predicted molar refractivity (Wildman–Crippen MR) is 84.7 cm³/mol. The summed E-state index contributed by atoms with van der Waals surface area (Å²) < 4.78 is 32.2. The Morgan fingerprint density at radius 2 is 2.17 bits per heavy atom. The number of halogens is 2. The number of hydrogen-bond acceptors (Lipinski definition) is 4. The number of thioether (sulfide) groups is 1. The summed E-state index contributed by atoms with van der Waals surface area (Å²) in [6.07, 6.45) is 4.57. The topological polar surface area (TPSA) is 50.7 Å². The van der Waals surface area contributed by atoms with E-state index < -0.39 is 16.6 Å². The third-order valence-corrected chi connectivity index (χ3v) is 7.34. The van der Waals surface area contributed by atoms with Crippen LogP contribution >= 0.6 is 11.8 Å². The Hall–Kier alpha value is -0.690. The van der Waals surface area contributed by atoms with E-state index in [0.717, 1.165) is 19.3 Å². The SMILES string of the molecule is COC1CCCC2(C1)SC(=N[C@H]1C[C@H]3C[C@@H]1CC3(F)F)NC2=O. The van der Waals surface area contributed by atoms with Gasteiger partial charge < -0.3 is 10.1 Å². The van der Waals surface area contributed by atoms with Gasteiger partial charge in [0.1, 0.15) is 4.75 Å². The number of alkyl halides is 2. The lowest BCUT2D eigenvalue weighted by molar-refractivity contribution is -0.123. The second-order valence-corrected chi connectivity index (χ2v) is 8.77. The number of hydrogen-bond donors (Lipinski definition) is 1. The third-order valence-electron chi connectivity index (χ3n) is 6.00. The molecule has 4 fully saturated rings. The van der Waals surface area contributed by atoms with E-state index in [0.29, 0.717) is 24.4 Å². The molecule has 0 aromatic carbocycles. The Kier molecular flexibility index (Phi) is 3.72. The fraction of sp³-hybridized carbons (Fsp3) is 0.875. The molecule has 0 aromatic rings. The van der Waals surface area contributed by atoms with Crippen LogP contribution in [-0.2, 0) is 9.53 Å². The molecule has 1 spiro atoms. The zero-order chi connectivity index (χ0) is 16.2. The van der Waals surface area contributed by atoms with Gasteiger partial charge in [0.15, 0.2) is 5.17 Å². The van der Waals surface area contributed by atoms with Gasteiger partial charge in [-0.2, -0.15) is 0 Å². The largest absolute Gasteiger partial charge is 0.381 e. The number of nitrogens with one attached hydrogen (secondary N) is 1. The van der Waals surface area contributed by atoms with Crippen molar-refractivity contribution in [3.63, 3.8) is 0 Å². The number of carbonyl (C=O) groups is 1. The van der Waals surface area contributed by atoms with Crippen molar-refractivity contribution in [3.05, 3.63) is 0 Å². The maximum atomic E-state index is 13.6. The first-order valence-electron chi connectivity index (χ1n) is 8.41. The molecule has 128 valence electrons. The van der Waals surface area contributed by atoms with Crippen molar-refractivity contribution in [1.29, 1.82) is 0 Å². The molecule has 4 nitrogen and oxygen atoms in total. The number of amidine groups is 1. The van der Waals surface area contributed by atoms with E-state index in [1.165, 1.54) is 11.8 Å². The minimum Gasteiger partial charge on any atom is -0.381 e. The van der Waals surface area contributed by atoms with Crippen LogP contribution in [0.2, 0.25) is 0 Å². The van der Waals surface area contributed by atoms with Crippen LogP contribution in [0.25, 0.3) is 0 Å². The highest BCUT2D eigenvalue weighted by atomic mass is 32.2. The van der Waals surface area contributed by atoms with E-state index >= 15 is 0 Å². The molecule has 2 bridgehead atoms. The molecule has 4 rings (SSSR count). The van der Waals surface area contributed by atoms with Crippen LogP contribution in [-0.4, -0.2) is 41.0 Å². The molecule has 3 saturated carbocycles. The number of rotatable bonds is 2. The molecule has 1 aliphatic heterocycles. The van der Waals surface area contributed by atoms with Crippen LogP contribution in [0, 0.1) is 11.8 Å². The quantitative estimate of drug-likeness (QED) is 0.838. The summed E-state index contributed by atoms with van der Waals surface area (Å²) in [6.45, 7) is 0. The van der Waals surface area contributed by atoms with Crippen LogP contribution < -0.4 is 5.32 Å². The van der Waals surface area contributed by atoms with Crippen molar-refractivity contribution in [2.24, 2.45) is 16.8 Å². The lowest BCUT2D eigenvalue weighted by Crippen LogP contribution is -2.42. The van der Waals surface area contributed by atoms with Crippen LogP contribution in [0.3, 0.4) is 0 Å². The van der Waals surface area contributed by atoms with Crippen molar-refractivity contribution < 1.29 is 18.3 Å². The summed E-state index contributed by atoms with van der Waals surface area (Å²) in [6, 6.07) is -0.0561. The smallest absolute Gasteiger partial charge is 0.251 e. The summed E-state index contributed by atoms with van der Waals surface area (Å²) in [7, 11) is 1.69. The first-order chi connectivity index (χ1) is 10.9. The molecule has 0 radical (unpaired) electrons. The van der Waals surface area contributed by atoms with Gasteiger partial charge in [0, 0.05) is 19.4 Å². The van der Waals surface area contributed by atoms with Crippen LogP contribution in [0.1, 0.15) is 44.9 Å². The molecule has 1 heterocycles. The van der Waals surface area contributed by atoms with Gasteiger partial charge >= 0.3 is 0 Å². The Balaban J connectivity index is 1.47. The fourth-order valence-electron chi connectivity index (χ4n) is 4.71. The summed E-state index contributed by atoms with van der Waals surface area (Å²) in [5, 5.41) is 3.53. The number of amides is 1. The molecule has 1 amide bonds. The zero-order valence-electron chi connectivity index (χ0n) is 13.2. The lowest BCUT2D eigenvalue weighted by atomic mass is 9.85. The number of nitrogens with zero attached hydrogens (tertiary/aromatic N) is 1. The van der Waals surface area contributed by atoms with Gasteiger partial charge in [-0.15, -0.1) is 0 Å². The van der Waals surface area contributed by atoms with Crippen molar-refractivity contribution in [1.82, 2.24) is 5.32 Å². The summed E-state index contributed by atoms with van der Waals surface area (Å²) in [5.74, 6) is -3.06. The van der Waals surface area contributed by atoms with Gasteiger partial charge in [-0.25, -0.2) is 8.78 Å². The molecule has 1 saturated heterocycles. The number of carbonyl (C=O) groups excluding carboxylic acids is 1. The fourth-order valence-corrected chi connectivity index (χ4v) is 6.07. The van der Waals surface area contributed by atoms with Gasteiger partial charge in [-0.3, -0.25) is 9.79 Å². The minimum absolute atomic E-state index is 0.0106. The molecular weight excluding hydrogens is 322 g/mol. The molecule has 5 atom stereocenters. The minimum atomic E-state index is -2.51. The number of aliphatic imine (C=N–C) groups is 1. The zero-order valence-corrected chi connectivity index (χ0v) is 14.0. The van der Waals surface area contributed by atoms with Gasteiger partial charge in [-0.1, -0.05) is 11.8 Å². The van der Waals surface area contributed by atoms with Gasteiger partial charge in [0.2, 0.25) is 5.91 Å². The monoisotopic (exact) mass is 344 g/mol. The molecule has 0 aromatic heterocycles. The van der Waals surface area contributed by atoms with Gasteiger partial charge in [-0.05, 0) is 44.4 Å². The lowest BCUT2D eigenvalue weighted by Gasteiger charge is -2.33. The van der Waals surface area contributed by atoms with E-state index in [1.54, 1.807) is 7.11 Å². The normalized spacial score (nSPS) is 46.7. The molecule has 23 heavy (non-hydrogen) atoms. The Morgan fingerprint density at radius 3 is 2.83 bits per heavy atom. The average Bonchev–Trinajstić information content (AvgIpc) is 3.11. The van der Waals surface area contributed by atoms with E-state index in [4.69, 9.17) is 4.74 Å². The summed E-state index contributed by atoms with van der Waals surface area (Å²) >= 11 is 1.50. The highest BCUT2D eigenvalue weighted by molar-refractivity contribution is 8.16. The molecule has 2 unspecified atom stereocenters. The molecular formula is C16H22F2N2O2S. The van der Waals surface area contributed by atoms with E-state index in [-0.39, 0.29) is 30.4 Å². The first-order valence-corrected chi connectivity index (χ1v) is 9.22. The molecule has 7 heteroatoms. The maximum absolute atomic E-state index is 13.6. The number of ether oxygens (including phenoxy) is 1. The van der Waals surface area contributed by atoms with E-state index in [2.05, 4.69) is 10.3 Å². The highest BCUT2D eigenvalue weighted by Gasteiger charge is 2.57. The second kappa shape index (κ2) is 5.41. The van der Waals surface area contributed by atoms with E-state index in [9.17, 15) is 13.6 Å². The number of methoxy groups -OCH3 is 1. The van der Waals surface area contributed by atoms with Crippen molar-refractivity contribution in [2.75, 3.05) is 7.11 Å². The van der Waals surface area contributed by atoms with Crippen LogP contribution in [0.5, 0.6) is 0 Å². The second-order valence-electron chi connectivity index (χ2n) is 7.40. The Bertz CT molecular complexity index is 556. The summed E-state index contributed by atoms with van der Waals surface area (Å²) in [4.78, 5) is 17.1. The Labute approximate surface area is 138 Å². The summed E-state index contributed by atoms with van der Waals surface area (Å²) in [5.41, 5.74) is 0. The van der Waals surface area contributed by atoms with Crippen molar-refractivity contribution in [2.45, 2.75) is 67.8 Å². The van der Waals surface area contributed by atoms with Crippen molar-refractivity contribution >= 4 is 22.8 Å². The van der Waals surface area contributed by atoms with Crippen LogP contribution in [0.15, 0.2) is 4.99 Å². The molecule has 3 aliphatic carbocycles. The van der Waals surface area contributed by atoms with Gasteiger partial charge in [0.05, 0.1) is 12.1 Å². The van der Waals surface area contributed by atoms with E-state index in [1.807, 2.05) is 0 Å². The van der Waals surface area contributed by atoms with Gasteiger partial charge in [0.25, 0.3) is 5.92 Å². The number of fused-ring (bicyclic) bond motifs is 2. The third kappa shape index (κ3) is 2.60. The van der Waals surface area contributed by atoms with Crippen molar-refractivity contribution in [3.8, 4) is 0 Å². The maximum Gasteiger partial charge on any atom is 0.251 e. The molecule has 4 aliphatic rings. The standard InChI is InChI=1S/C16H22F2N2O2S/c1-22-11-3-2-4-15(8-11)13(21)20-14(23-15)19-12-6-10-5-9(12)7-16(10,17)18/h9-12H,2-8H2,1H3,(H,19,20,21)/t9-,10-,11?,12+,15?/m1/s1. The Morgan fingerprint density at radius 1 is 1.35 bits per heavy atom. The molecule has 1 N–H and O–H groups in total. The van der Waals surface area contributed by atoms with Crippen LogP contribution in [0.4, 0.5) is 8.78 Å². The first kappa shape index (κ1) is 15.8. The average molecular weight is 344 g/mol.